The number of benzene rings is 1. The van der Waals surface area contributed by atoms with Gasteiger partial charge in [-0.3, -0.25) is 0 Å². The Hall–Kier alpha value is -1.67. The van der Waals surface area contributed by atoms with Crippen molar-refractivity contribution in [2.75, 3.05) is 5.32 Å². The van der Waals surface area contributed by atoms with Gasteiger partial charge in [0.05, 0.1) is 11.4 Å². The van der Waals surface area contributed by atoms with Gasteiger partial charge in [-0.1, -0.05) is 55.3 Å². The Morgan fingerprint density at radius 2 is 2.00 bits per heavy atom. The summed E-state index contributed by atoms with van der Waals surface area (Å²) in [5.74, 6) is 0. The van der Waals surface area contributed by atoms with Gasteiger partial charge in [-0.05, 0) is 18.2 Å². The lowest BCUT2D eigenvalue weighted by atomic mass is 10.2. The van der Waals surface area contributed by atoms with Gasteiger partial charge in [-0.2, -0.15) is 0 Å². The fraction of sp³-hybridized carbons (Fsp3) is 0. The number of anilines is 1. The molecule has 1 aromatic rings. The van der Waals surface area contributed by atoms with E-state index in [0.717, 1.165) is 16.3 Å². The molecule has 0 unspecified atom stereocenters. The zero-order valence-electron chi connectivity index (χ0n) is 8.94. The van der Waals surface area contributed by atoms with Gasteiger partial charge in [-0.15, -0.1) is 0 Å². The second-order valence-electron chi connectivity index (χ2n) is 3.30. The standard InChI is InChI=1S/C14H13NS/c1-3-5-8-11-13(4-2)16-14-10-7-6-9-12(14)15-11/h3-10,15H,1-2H2/b8-5-. The van der Waals surface area contributed by atoms with E-state index < -0.39 is 0 Å². The van der Waals surface area contributed by atoms with Crippen molar-refractivity contribution in [3.63, 3.8) is 0 Å². The minimum atomic E-state index is 1.07. The molecule has 1 heterocycles. The lowest BCUT2D eigenvalue weighted by Gasteiger charge is -2.20. The monoisotopic (exact) mass is 227 g/mol. The molecule has 1 aliphatic heterocycles. The zero-order valence-corrected chi connectivity index (χ0v) is 9.76. The van der Waals surface area contributed by atoms with E-state index >= 15 is 0 Å². The second kappa shape index (κ2) is 4.90. The number of allylic oxidation sites excluding steroid dienone is 4. The van der Waals surface area contributed by atoms with Crippen molar-refractivity contribution >= 4 is 17.4 Å². The topological polar surface area (TPSA) is 12.0 Å². The van der Waals surface area contributed by atoms with Gasteiger partial charge in [0, 0.05) is 9.80 Å². The Bertz CT molecular complexity index is 483. The van der Waals surface area contributed by atoms with Gasteiger partial charge in [-0.25, -0.2) is 0 Å². The van der Waals surface area contributed by atoms with Crippen LogP contribution in [-0.4, -0.2) is 0 Å². The molecule has 0 aliphatic carbocycles. The number of hydrogen-bond donors (Lipinski definition) is 1. The normalized spacial score (nSPS) is 14.5. The number of fused-ring (bicyclic) bond motifs is 1. The molecule has 0 saturated carbocycles. The van der Waals surface area contributed by atoms with Gasteiger partial charge >= 0.3 is 0 Å². The highest BCUT2D eigenvalue weighted by atomic mass is 32.2. The predicted octanol–water partition coefficient (Wildman–Crippen LogP) is 4.34. The summed E-state index contributed by atoms with van der Waals surface area (Å²) < 4.78 is 0. The van der Waals surface area contributed by atoms with E-state index in [9.17, 15) is 0 Å². The number of rotatable bonds is 3. The molecule has 16 heavy (non-hydrogen) atoms. The predicted molar refractivity (Wildman–Crippen MR) is 72.5 cm³/mol. The van der Waals surface area contributed by atoms with Crippen LogP contribution >= 0.6 is 11.8 Å². The highest BCUT2D eigenvalue weighted by molar-refractivity contribution is 8.03. The molecule has 0 atom stereocenters. The van der Waals surface area contributed by atoms with Crippen molar-refractivity contribution in [3.8, 4) is 0 Å². The summed E-state index contributed by atoms with van der Waals surface area (Å²) in [7, 11) is 0. The first kappa shape index (κ1) is 10.8. The van der Waals surface area contributed by atoms with Gasteiger partial charge in [0.25, 0.3) is 0 Å². The first-order valence-electron chi connectivity index (χ1n) is 5.05. The van der Waals surface area contributed by atoms with E-state index in [1.54, 1.807) is 17.8 Å². The smallest absolute Gasteiger partial charge is 0.0526 e. The average molecular weight is 227 g/mol. The summed E-state index contributed by atoms with van der Waals surface area (Å²) in [4.78, 5) is 2.37. The first-order chi connectivity index (χ1) is 7.85. The minimum absolute atomic E-state index is 1.07. The fourth-order valence-electron chi connectivity index (χ4n) is 1.48. The van der Waals surface area contributed by atoms with Crippen LogP contribution in [0.15, 0.2) is 77.2 Å². The van der Waals surface area contributed by atoms with Crippen LogP contribution in [0.25, 0.3) is 0 Å². The van der Waals surface area contributed by atoms with Crippen molar-refractivity contribution in [1.29, 1.82) is 0 Å². The molecule has 1 aliphatic rings. The summed E-state index contributed by atoms with van der Waals surface area (Å²) in [6.45, 7) is 7.51. The second-order valence-corrected chi connectivity index (χ2v) is 4.38. The SMILES string of the molecule is C=C/C=C\C1=C(C=C)Sc2ccccc2N1. The molecule has 0 saturated heterocycles. The first-order valence-corrected chi connectivity index (χ1v) is 5.86. The van der Waals surface area contributed by atoms with Crippen LogP contribution in [-0.2, 0) is 0 Å². The molecule has 2 rings (SSSR count). The zero-order chi connectivity index (χ0) is 11.4. The molecule has 80 valence electrons. The molecular formula is C14H13NS. The molecule has 0 bridgehead atoms. The van der Waals surface area contributed by atoms with Crippen LogP contribution in [0.2, 0.25) is 0 Å². The van der Waals surface area contributed by atoms with Gasteiger partial charge in [0.1, 0.15) is 0 Å². The summed E-state index contributed by atoms with van der Waals surface area (Å²) in [6.07, 6.45) is 7.56. The summed E-state index contributed by atoms with van der Waals surface area (Å²) in [6, 6.07) is 8.24. The Balaban J connectivity index is 2.37. The summed E-state index contributed by atoms with van der Waals surface area (Å²) in [5, 5.41) is 3.39. The number of para-hydroxylation sites is 1. The summed E-state index contributed by atoms with van der Waals surface area (Å²) >= 11 is 1.73. The molecule has 1 aromatic carbocycles. The van der Waals surface area contributed by atoms with E-state index in [0.29, 0.717) is 0 Å². The van der Waals surface area contributed by atoms with E-state index in [4.69, 9.17) is 0 Å². The maximum absolute atomic E-state index is 3.84. The Labute approximate surface area is 100 Å². The Morgan fingerprint density at radius 3 is 2.75 bits per heavy atom. The van der Waals surface area contributed by atoms with Crippen LogP contribution in [0, 0.1) is 0 Å². The van der Waals surface area contributed by atoms with Crippen molar-refractivity contribution in [2.45, 2.75) is 4.90 Å². The molecule has 1 N–H and O–H groups in total. The minimum Gasteiger partial charge on any atom is -0.354 e. The van der Waals surface area contributed by atoms with Crippen molar-refractivity contribution in [3.05, 3.63) is 72.3 Å². The molecular weight excluding hydrogens is 214 g/mol. The van der Waals surface area contributed by atoms with Gasteiger partial charge < -0.3 is 5.32 Å². The molecule has 0 radical (unpaired) electrons. The van der Waals surface area contributed by atoms with E-state index in [2.05, 4.69) is 30.6 Å². The van der Waals surface area contributed by atoms with Crippen molar-refractivity contribution < 1.29 is 0 Å². The fourth-order valence-corrected chi connectivity index (χ4v) is 2.40. The number of hydrogen-bond acceptors (Lipinski definition) is 2. The molecule has 0 aromatic heterocycles. The summed E-state index contributed by atoms with van der Waals surface area (Å²) in [5.41, 5.74) is 2.21. The Morgan fingerprint density at radius 1 is 1.19 bits per heavy atom. The van der Waals surface area contributed by atoms with Crippen molar-refractivity contribution in [1.82, 2.24) is 0 Å². The third kappa shape index (κ3) is 2.12. The highest BCUT2D eigenvalue weighted by Gasteiger charge is 2.13. The Kier molecular flexibility index (Phi) is 3.32. The van der Waals surface area contributed by atoms with E-state index in [1.165, 1.54) is 4.90 Å². The highest BCUT2D eigenvalue weighted by Crippen LogP contribution is 2.39. The van der Waals surface area contributed by atoms with Crippen LogP contribution < -0.4 is 5.32 Å². The van der Waals surface area contributed by atoms with Crippen molar-refractivity contribution in [2.24, 2.45) is 0 Å². The van der Waals surface area contributed by atoms with Crippen LogP contribution in [0.4, 0.5) is 5.69 Å². The molecule has 1 nitrogen and oxygen atoms in total. The van der Waals surface area contributed by atoms with Crippen LogP contribution in [0.3, 0.4) is 0 Å². The number of nitrogens with one attached hydrogen (secondary N) is 1. The lowest BCUT2D eigenvalue weighted by molar-refractivity contribution is 1.34. The van der Waals surface area contributed by atoms with E-state index in [1.807, 2.05) is 30.4 Å². The molecule has 0 amide bonds. The average Bonchev–Trinajstić information content (AvgIpc) is 2.35. The third-order valence-corrected chi connectivity index (χ3v) is 3.41. The van der Waals surface area contributed by atoms with Gasteiger partial charge in [0.15, 0.2) is 0 Å². The molecule has 2 heteroatoms. The van der Waals surface area contributed by atoms with Crippen LogP contribution in [0.5, 0.6) is 0 Å². The maximum atomic E-state index is 3.84. The van der Waals surface area contributed by atoms with Crippen LogP contribution in [0.1, 0.15) is 0 Å². The molecule has 0 spiro atoms. The lowest BCUT2D eigenvalue weighted by Crippen LogP contribution is -2.04. The molecule has 0 fully saturated rings. The maximum Gasteiger partial charge on any atom is 0.0526 e. The quantitative estimate of drug-likeness (QED) is 0.771. The largest absolute Gasteiger partial charge is 0.354 e. The third-order valence-electron chi connectivity index (χ3n) is 2.23. The number of thioether (sulfide) groups is 1. The van der Waals surface area contributed by atoms with Gasteiger partial charge in [0.2, 0.25) is 0 Å². The van der Waals surface area contributed by atoms with E-state index in [-0.39, 0.29) is 0 Å².